The van der Waals surface area contributed by atoms with Gasteiger partial charge in [-0.3, -0.25) is 13.8 Å². The minimum atomic E-state index is -4.31. The number of carbonyl (C=O) groups is 1. The van der Waals surface area contributed by atoms with Gasteiger partial charge in [-0.1, -0.05) is 162 Å². The van der Waals surface area contributed by atoms with Crippen molar-refractivity contribution in [3.05, 3.63) is 109 Å². The topological polar surface area (TPSA) is 117 Å². The summed E-state index contributed by atoms with van der Waals surface area (Å²) in [6.45, 7) is 4.54. The molecule has 0 bridgehead atoms. The molecule has 318 valence electrons. The van der Waals surface area contributed by atoms with Gasteiger partial charge in [0.05, 0.1) is 19.8 Å². The number of nitrogens with two attached hydrogens (primary N) is 1. The molecule has 0 radical (unpaired) electrons. The highest BCUT2D eigenvalue weighted by Crippen LogP contribution is 2.43. The molecule has 0 fully saturated rings. The highest BCUT2D eigenvalue weighted by molar-refractivity contribution is 7.47. The Kier molecular flexibility index (Phi) is 41.1. The first kappa shape index (κ1) is 53.2. The first-order chi connectivity index (χ1) is 27.4. The second-order valence-electron chi connectivity index (χ2n) is 13.4. The minimum absolute atomic E-state index is 0.0730. The summed E-state index contributed by atoms with van der Waals surface area (Å²) >= 11 is 0. The maximum Gasteiger partial charge on any atom is 0.472 e. The van der Waals surface area contributed by atoms with Gasteiger partial charge in [0.15, 0.2) is 0 Å². The van der Waals surface area contributed by atoms with Gasteiger partial charge in [-0.2, -0.15) is 0 Å². The van der Waals surface area contributed by atoms with E-state index in [0.717, 1.165) is 83.5 Å². The Morgan fingerprint density at radius 3 is 1.41 bits per heavy atom. The number of hydrogen-bond donors (Lipinski definition) is 2. The van der Waals surface area contributed by atoms with Gasteiger partial charge in [0.2, 0.25) is 0 Å². The van der Waals surface area contributed by atoms with Crippen LogP contribution in [-0.4, -0.2) is 49.9 Å². The van der Waals surface area contributed by atoms with Crippen molar-refractivity contribution in [2.45, 2.75) is 148 Å². The van der Waals surface area contributed by atoms with Crippen LogP contribution in [0.4, 0.5) is 0 Å². The van der Waals surface area contributed by atoms with Crippen molar-refractivity contribution in [3.8, 4) is 0 Å². The maximum absolute atomic E-state index is 12.6. The summed E-state index contributed by atoms with van der Waals surface area (Å²) in [6.07, 6.45) is 58.4. The standard InChI is InChI=1S/C47H78NO7P/c1-3-5-7-9-11-13-15-17-19-21-23-24-26-28-30-32-34-36-38-40-47(49)55-46(45-54-56(50,51)53-43-41-48)44-52-42-39-37-35-33-31-29-27-25-22-20-18-16-14-12-10-8-6-4-2/h5-8,11-14,17-20,23-24,28,30,34,36,46H,3-4,9-10,15-16,21-22,25-27,29,31-33,35,37-45,48H2,1-2H3,(H,50,51)/b7-5-,8-6-,13-11-,14-12-,19-17-,20-18-,24-23-,30-28-,36-34-. The molecular formula is C47H78NO7P. The molecule has 0 amide bonds. The smallest absolute Gasteiger partial charge is 0.457 e. The van der Waals surface area contributed by atoms with E-state index in [2.05, 4.69) is 111 Å². The Labute approximate surface area is 342 Å². The zero-order chi connectivity index (χ0) is 40.9. The molecule has 0 aromatic carbocycles. The van der Waals surface area contributed by atoms with Crippen LogP contribution in [0.15, 0.2) is 109 Å². The Bertz CT molecular complexity index is 1210. The van der Waals surface area contributed by atoms with Crippen LogP contribution in [0.5, 0.6) is 0 Å². The van der Waals surface area contributed by atoms with Gasteiger partial charge in [0, 0.05) is 19.6 Å². The van der Waals surface area contributed by atoms with Crippen LogP contribution < -0.4 is 5.73 Å². The number of allylic oxidation sites excluding steroid dienone is 18. The van der Waals surface area contributed by atoms with Crippen molar-refractivity contribution in [1.82, 2.24) is 0 Å². The number of esters is 1. The lowest BCUT2D eigenvalue weighted by Gasteiger charge is -2.20. The molecule has 3 N–H and O–H groups in total. The average molecular weight is 800 g/mol. The maximum atomic E-state index is 12.6. The van der Waals surface area contributed by atoms with Gasteiger partial charge >= 0.3 is 13.8 Å². The van der Waals surface area contributed by atoms with Crippen LogP contribution in [-0.2, 0) is 27.9 Å². The third kappa shape index (κ3) is 42.3. The zero-order valence-corrected chi connectivity index (χ0v) is 36.0. The summed E-state index contributed by atoms with van der Waals surface area (Å²) in [5.74, 6) is -0.420. The molecular weight excluding hydrogens is 721 g/mol. The van der Waals surface area contributed by atoms with E-state index < -0.39 is 19.9 Å². The van der Waals surface area contributed by atoms with Crippen LogP contribution in [0.25, 0.3) is 0 Å². The molecule has 0 aliphatic rings. The number of carbonyl (C=O) groups excluding carboxylic acids is 1. The predicted molar refractivity (Wildman–Crippen MR) is 237 cm³/mol. The van der Waals surface area contributed by atoms with Crippen molar-refractivity contribution in [2.75, 3.05) is 33.0 Å². The average Bonchev–Trinajstić information content (AvgIpc) is 3.19. The van der Waals surface area contributed by atoms with Crippen LogP contribution in [0.3, 0.4) is 0 Å². The molecule has 2 atom stereocenters. The monoisotopic (exact) mass is 800 g/mol. The molecule has 0 rings (SSSR count). The fraction of sp³-hybridized carbons (Fsp3) is 0.596. The van der Waals surface area contributed by atoms with Gasteiger partial charge in [-0.05, 0) is 83.5 Å². The molecule has 0 spiro atoms. The van der Waals surface area contributed by atoms with E-state index in [1.807, 2.05) is 12.2 Å². The summed E-state index contributed by atoms with van der Waals surface area (Å²) < 4.78 is 33.3. The largest absolute Gasteiger partial charge is 0.472 e. The van der Waals surface area contributed by atoms with E-state index >= 15 is 0 Å². The first-order valence-electron chi connectivity index (χ1n) is 21.4. The summed E-state index contributed by atoms with van der Waals surface area (Å²) in [5, 5.41) is 0. The van der Waals surface area contributed by atoms with E-state index in [9.17, 15) is 14.3 Å². The van der Waals surface area contributed by atoms with E-state index in [0.29, 0.717) is 13.0 Å². The van der Waals surface area contributed by atoms with Gasteiger partial charge in [-0.15, -0.1) is 0 Å². The third-order valence-corrected chi connectivity index (χ3v) is 9.18. The molecule has 8 nitrogen and oxygen atoms in total. The molecule has 0 aromatic rings. The minimum Gasteiger partial charge on any atom is -0.457 e. The summed E-state index contributed by atoms with van der Waals surface area (Å²) in [6, 6.07) is 0. The van der Waals surface area contributed by atoms with Crippen molar-refractivity contribution >= 4 is 13.8 Å². The fourth-order valence-electron chi connectivity index (χ4n) is 5.15. The Morgan fingerprint density at radius 2 is 0.946 bits per heavy atom. The van der Waals surface area contributed by atoms with Crippen molar-refractivity contribution in [3.63, 3.8) is 0 Å². The lowest BCUT2D eigenvalue weighted by molar-refractivity contribution is -0.154. The second-order valence-corrected chi connectivity index (χ2v) is 14.9. The second kappa shape index (κ2) is 43.3. The van der Waals surface area contributed by atoms with E-state index in [1.54, 1.807) is 0 Å². The summed E-state index contributed by atoms with van der Waals surface area (Å²) in [5.41, 5.74) is 5.36. The summed E-state index contributed by atoms with van der Waals surface area (Å²) in [4.78, 5) is 22.4. The number of phosphoric ester groups is 1. The highest BCUT2D eigenvalue weighted by atomic mass is 31.2. The predicted octanol–water partition coefficient (Wildman–Crippen LogP) is 12.9. The Hall–Kier alpha value is -2.84. The normalized spacial score (nSPS) is 14.6. The molecule has 0 heterocycles. The fourth-order valence-corrected chi connectivity index (χ4v) is 5.92. The van der Waals surface area contributed by atoms with Crippen LogP contribution in [0.2, 0.25) is 0 Å². The van der Waals surface area contributed by atoms with E-state index in [4.69, 9.17) is 24.3 Å². The van der Waals surface area contributed by atoms with Crippen molar-refractivity contribution in [2.24, 2.45) is 5.73 Å². The summed E-state index contributed by atoms with van der Waals surface area (Å²) in [7, 11) is -4.31. The number of phosphoric acid groups is 1. The molecule has 0 aliphatic carbocycles. The number of hydrogen-bond acceptors (Lipinski definition) is 7. The van der Waals surface area contributed by atoms with Crippen LogP contribution >= 0.6 is 7.82 Å². The van der Waals surface area contributed by atoms with Gasteiger partial charge in [0.1, 0.15) is 6.10 Å². The molecule has 0 saturated heterocycles. The van der Waals surface area contributed by atoms with Gasteiger partial charge in [0.25, 0.3) is 0 Å². The van der Waals surface area contributed by atoms with Crippen LogP contribution in [0, 0.1) is 0 Å². The first-order valence-corrected chi connectivity index (χ1v) is 22.9. The Morgan fingerprint density at radius 1 is 0.536 bits per heavy atom. The quantitative estimate of drug-likeness (QED) is 0.0273. The number of unbranched alkanes of at least 4 members (excludes halogenated alkanes) is 8. The number of ether oxygens (including phenoxy) is 2. The van der Waals surface area contributed by atoms with Crippen LogP contribution in [0.1, 0.15) is 142 Å². The third-order valence-electron chi connectivity index (χ3n) is 8.20. The van der Waals surface area contributed by atoms with Crippen molar-refractivity contribution < 1.29 is 32.8 Å². The highest BCUT2D eigenvalue weighted by Gasteiger charge is 2.25. The number of rotatable bonds is 39. The van der Waals surface area contributed by atoms with E-state index in [1.165, 1.54) is 32.1 Å². The lowest BCUT2D eigenvalue weighted by Crippen LogP contribution is -2.28. The van der Waals surface area contributed by atoms with E-state index in [-0.39, 0.29) is 32.8 Å². The zero-order valence-electron chi connectivity index (χ0n) is 35.1. The molecule has 0 aliphatic heterocycles. The van der Waals surface area contributed by atoms with Gasteiger partial charge < -0.3 is 20.1 Å². The van der Waals surface area contributed by atoms with Gasteiger partial charge in [-0.25, -0.2) is 4.57 Å². The lowest BCUT2D eigenvalue weighted by atomic mass is 10.1. The molecule has 0 aromatic heterocycles. The molecule has 56 heavy (non-hydrogen) atoms. The van der Waals surface area contributed by atoms with Crippen molar-refractivity contribution in [1.29, 1.82) is 0 Å². The SMILES string of the molecule is CC/C=C\C/C=C\C/C=C\C/C=C\C/C=C\C/C=C\CCC(=O)OC(COCCCCCCCCCC/C=C\C/C=C\C/C=C\CC)COP(=O)(O)OCCN. The Balaban J connectivity index is 4.21. The molecule has 2 unspecified atom stereocenters. The molecule has 9 heteroatoms. The molecule has 0 saturated carbocycles.